The lowest BCUT2D eigenvalue weighted by atomic mass is 10.0. The molecule has 0 spiro atoms. The molecule has 0 saturated carbocycles. The van der Waals surface area contributed by atoms with Gasteiger partial charge in [0.1, 0.15) is 5.75 Å². The number of aryl methyl sites for hydroxylation is 1. The van der Waals surface area contributed by atoms with Gasteiger partial charge < -0.3 is 15.0 Å². The summed E-state index contributed by atoms with van der Waals surface area (Å²) in [6.07, 6.45) is 6.11. The van der Waals surface area contributed by atoms with Gasteiger partial charge in [-0.2, -0.15) is 5.10 Å². The van der Waals surface area contributed by atoms with Crippen LogP contribution in [0.3, 0.4) is 0 Å². The third kappa shape index (κ3) is 3.91. The van der Waals surface area contributed by atoms with E-state index in [4.69, 9.17) is 16.3 Å². The molecule has 2 unspecified atom stereocenters. The van der Waals surface area contributed by atoms with Crippen molar-refractivity contribution in [1.82, 2.24) is 20.0 Å². The quantitative estimate of drug-likeness (QED) is 0.901. The number of likely N-dealkylation sites (N-methyl/N-ethyl adjacent to an activating group) is 1. The molecule has 24 heavy (non-hydrogen) atoms. The zero-order valence-electron chi connectivity index (χ0n) is 14.5. The molecule has 1 N–H and O–H groups in total. The van der Waals surface area contributed by atoms with E-state index in [-0.39, 0.29) is 12.1 Å². The van der Waals surface area contributed by atoms with Crippen molar-refractivity contribution in [1.29, 1.82) is 0 Å². The van der Waals surface area contributed by atoms with E-state index in [2.05, 4.69) is 41.7 Å². The Morgan fingerprint density at radius 3 is 3.00 bits per heavy atom. The molecule has 2 aromatic rings. The molecule has 6 heteroatoms. The van der Waals surface area contributed by atoms with Gasteiger partial charge in [0.15, 0.2) is 0 Å². The lowest BCUT2D eigenvalue weighted by Gasteiger charge is -2.27. The van der Waals surface area contributed by atoms with Gasteiger partial charge in [0.25, 0.3) is 0 Å². The number of hydrogen-bond acceptors (Lipinski definition) is 4. The molecular weight excluding hydrogens is 324 g/mol. The third-order valence-corrected chi connectivity index (χ3v) is 4.77. The lowest BCUT2D eigenvalue weighted by Crippen LogP contribution is -2.33. The number of fused-ring (bicyclic) bond motifs is 1. The van der Waals surface area contributed by atoms with Gasteiger partial charge >= 0.3 is 0 Å². The van der Waals surface area contributed by atoms with Crippen LogP contribution in [0.5, 0.6) is 5.75 Å². The Balaban J connectivity index is 1.75. The van der Waals surface area contributed by atoms with Crippen LogP contribution in [0, 0.1) is 0 Å². The Morgan fingerprint density at radius 2 is 2.29 bits per heavy atom. The van der Waals surface area contributed by atoms with Crippen molar-refractivity contribution >= 4 is 11.6 Å². The molecule has 1 aromatic heterocycles. The highest BCUT2D eigenvalue weighted by molar-refractivity contribution is 6.30. The topological polar surface area (TPSA) is 42.3 Å². The summed E-state index contributed by atoms with van der Waals surface area (Å²) in [5.41, 5.74) is 2.41. The van der Waals surface area contributed by atoms with Gasteiger partial charge in [0, 0.05) is 48.0 Å². The number of ether oxygens (including phenoxy) is 1. The monoisotopic (exact) mass is 348 g/mol. The molecule has 1 aliphatic rings. The third-order valence-electron chi connectivity index (χ3n) is 4.54. The minimum absolute atomic E-state index is 0.277. The summed E-state index contributed by atoms with van der Waals surface area (Å²) in [6, 6.07) is 6.49. The van der Waals surface area contributed by atoms with E-state index in [1.165, 1.54) is 11.1 Å². The first kappa shape index (κ1) is 17.3. The first-order chi connectivity index (χ1) is 11.5. The van der Waals surface area contributed by atoms with Crippen LogP contribution in [0.15, 0.2) is 30.6 Å². The van der Waals surface area contributed by atoms with Crippen LogP contribution in [-0.2, 0) is 7.05 Å². The highest BCUT2D eigenvalue weighted by atomic mass is 35.5. The smallest absolute Gasteiger partial charge is 0.125 e. The van der Waals surface area contributed by atoms with E-state index >= 15 is 0 Å². The van der Waals surface area contributed by atoms with E-state index < -0.39 is 0 Å². The van der Waals surface area contributed by atoms with Crippen molar-refractivity contribution in [3.8, 4) is 5.75 Å². The summed E-state index contributed by atoms with van der Waals surface area (Å²) in [4.78, 5) is 2.22. The number of nitrogens with one attached hydrogen (secondary N) is 1. The van der Waals surface area contributed by atoms with E-state index in [1.54, 1.807) is 0 Å². The predicted octanol–water partition coefficient (Wildman–Crippen LogP) is 3.18. The van der Waals surface area contributed by atoms with Crippen molar-refractivity contribution < 1.29 is 4.74 Å². The van der Waals surface area contributed by atoms with Crippen molar-refractivity contribution in [2.24, 2.45) is 7.05 Å². The Hall–Kier alpha value is -1.56. The maximum atomic E-state index is 6.11. The number of aromatic nitrogens is 2. The summed E-state index contributed by atoms with van der Waals surface area (Å²) in [5.74, 6) is 0.903. The minimum Gasteiger partial charge on any atom is -0.493 e. The molecule has 0 aliphatic carbocycles. The molecule has 130 valence electrons. The van der Waals surface area contributed by atoms with Gasteiger partial charge in [-0.3, -0.25) is 4.68 Å². The minimum atomic E-state index is 0.277. The molecule has 5 nitrogen and oxygen atoms in total. The van der Waals surface area contributed by atoms with Crippen molar-refractivity contribution in [3.05, 3.63) is 46.7 Å². The Morgan fingerprint density at radius 1 is 1.46 bits per heavy atom. The van der Waals surface area contributed by atoms with Crippen LogP contribution in [-0.4, -0.2) is 41.9 Å². The first-order valence-corrected chi connectivity index (χ1v) is 8.73. The predicted molar refractivity (Wildman–Crippen MR) is 96.6 cm³/mol. The molecular formula is C18H25ClN4O. The van der Waals surface area contributed by atoms with Gasteiger partial charge in [-0.05, 0) is 39.1 Å². The van der Waals surface area contributed by atoms with E-state index in [0.29, 0.717) is 0 Å². The maximum absolute atomic E-state index is 6.11. The normalized spacial score (nSPS) is 18.8. The van der Waals surface area contributed by atoms with E-state index in [9.17, 15) is 0 Å². The molecule has 0 amide bonds. The van der Waals surface area contributed by atoms with Gasteiger partial charge in [0.2, 0.25) is 0 Å². The summed E-state index contributed by atoms with van der Waals surface area (Å²) in [6.45, 7) is 1.59. The van der Waals surface area contributed by atoms with Gasteiger partial charge in [-0.15, -0.1) is 0 Å². The number of halogens is 1. The molecule has 0 bridgehead atoms. The van der Waals surface area contributed by atoms with Crippen molar-refractivity contribution in [2.45, 2.75) is 24.9 Å². The summed E-state index contributed by atoms with van der Waals surface area (Å²) >= 11 is 6.11. The van der Waals surface area contributed by atoms with Gasteiger partial charge in [0.05, 0.1) is 12.8 Å². The molecule has 1 aromatic carbocycles. The first-order valence-electron chi connectivity index (χ1n) is 8.35. The molecule has 0 fully saturated rings. The Bertz CT molecular complexity index is 685. The number of benzene rings is 1. The Kier molecular flexibility index (Phi) is 5.43. The maximum Gasteiger partial charge on any atom is 0.125 e. The van der Waals surface area contributed by atoms with E-state index in [1.807, 2.05) is 30.1 Å². The molecule has 0 radical (unpaired) electrons. The van der Waals surface area contributed by atoms with Crippen molar-refractivity contribution in [3.63, 3.8) is 0 Å². The zero-order valence-corrected chi connectivity index (χ0v) is 15.3. The molecule has 2 atom stereocenters. The van der Waals surface area contributed by atoms with Crippen LogP contribution in [0.2, 0.25) is 5.02 Å². The highest BCUT2D eigenvalue weighted by Crippen LogP contribution is 2.34. The van der Waals surface area contributed by atoms with Crippen LogP contribution in [0.4, 0.5) is 0 Å². The summed E-state index contributed by atoms with van der Waals surface area (Å²) < 4.78 is 7.70. The number of hydrogen-bond donors (Lipinski definition) is 1. The fourth-order valence-electron chi connectivity index (χ4n) is 3.22. The molecule has 2 heterocycles. The highest BCUT2D eigenvalue weighted by Gasteiger charge is 2.22. The second-order valence-electron chi connectivity index (χ2n) is 6.56. The molecule has 0 saturated heterocycles. The summed E-state index contributed by atoms with van der Waals surface area (Å²) in [5, 5.41) is 8.75. The molecule has 1 aliphatic heterocycles. The van der Waals surface area contributed by atoms with Gasteiger partial charge in [-0.25, -0.2) is 0 Å². The second-order valence-corrected chi connectivity index (χ2v) is 7.00. The van der Waals surface area contributed by atoms with Crippen LogP contribution >= 0.6 is 11.6 Å². The zero-order chi connectivity index (χ0) is 17.1. The Labute approximate surface area is 148 Å². The molecule has 3 rings (SSSR count). The largest absolute Gasteiger partial charge is 0.493 e. The van der Waals surface area contributed by atoms with Crippen LogP contribution in [0.1, 0.15) is 36.1 Å². The van der Waals surface area contributed by atoms with E-state index in [0.717, 1.165) is 36.8 Å². The van der Waals surface area contributed by atoms with Gasteiger partial charge in [-0.1, -0.05) is 17.7 Å². The number of rotatable bonds is 5. The fourth-order valence-corrected chi connectivity index (χ4v) is 3.38. The van der Waals surface area contributed by atoms with Crippen molar-refractivity contribution in [2.75, 3.05) is 27.2 Å². The standard InChI is InChI=1S/C18H25ClN4O/c1-22(2)17(13-10-21-23(3)12-13)11-20-16-5-4-8-24-18-9-14(19)6-7-15(16)18/h6-7,9-10,12,16-17,20H,4-5,8,11H2,1-3H3. The summed E-state index contributed by atoms with van der Waals surface area (Å²) in [7, 11) is 6.15. The second kappa shape index (κ2) is 7.55. The average molecular weight is 349 g/mol. The van der Waals surface area contributed by atoms with Crippen LogP contribution < -0.4 is 10.1 Å². The SMILES string of the molecule is CN(C)C(CNC1CCCOc2cc(Cl)ccc21)c1cnn(C)c1. The lowest BCUT2D eigenvalue weighted by molar-refractivity contribution is 0.276. The fraction of sp³-hybridized carbons (Fsp3) is 0.500. The number of nitrogens with zero attached hydrogens (tertiary/aromatic N) is 3. The average Bonchev–Trinajstić information content (AvgIpc) is 2.85. The van der Waals surface area contributed by atoms with Crippen LogP contribution in [0.25, 0.3) is 0 Å².